The lowest BCUT2D eigenvalue weighted by Crippen LogP contribution is -2.45. The van der Waals surface area contributed by atoms with Gasteiger partial charge in [0.05, 0.1) is 5.60 Å². The van der Waals surface area contributed by atoms with Crippen molar-refractivity contribution in [2.45, 2.75) is 70.4 Å². The zero-order valence-corrected chi connectivity index (χ0v) is 11.0. The van der Waals surface area contributed by atoms with Gasteiger partial charge in [-0.05, 0) is 27.2 Å². The zero-order valence-electron chi connectivity index (χ0n) is 11.0. The van der Waals surface area contributed by atoms with E-state index >= 15 is 0 Å². The molecule has 2 rings (SSSR count). The van der Waals surface area contributed by atoms with Crippen LogP contribution in [0.15, 0.2) is 0 Å². The monoisotopic (exact) mass is 244 g/mol. The van der Waals surface area contributed by atoms with Gasteiger partial charge in [0.2, 0.25) is 17.4 Å². The maximum atomic E-state index is 11.5. The van der Waals surface area contributed by atoms with E-state index in [0.717, 1.165) is 6.42 Å². The van der Waals surface area contributed by atoms with Gasteiger partial charge in [0, 0.05) is 13.3 Å². The van der Waals surface area contributed by atoms with E-state index in [2.05, 4.69) is 0 Å². The van der Waals surface area contributed by atoms with Crippen molar-refractivity contribution in [3.05, 3.63) is 0 Å². The maximum Gasteiger partial charge on any atom is 0.231 e. The topological polar surface area (TPSA) is 65.0 Å². The highest BCUT2D eigenvalue weighted by Crippen LogP contribution is 2.55. The molecule has 2 saturated heterocycles. The van der Waals surface area contributed by atoms with E-state index in [1.54, 1.807) is 6.92 Å². The molecule has 0 unspecified atom stereocenters. The summed E-state index contributed by atoms with van der Waals surface area (Å²) >= 11 is 0. The fourth-order valence-corrected chi connectivity index (χ4v) is 2.54. The van der Waals surface area contributed by atoms with Gasteiger partial charge in [0.15, 0.2) is 5.78 Å². The normalized spacial score (nSPS) is 53.8. The molecular formula is C12H20O5. The summed E-state index contributed by atoms with van der Waals surface area (Å²) in [7, 11) is 0. The van der Waals surface area contributed by atoms with E-state index in [4.69, 9.17) is 14.2 Å². The summed E-state index contributed by atoms with van der Waals surface area (Å²) in [6.07, 6.45) is 1.02. The molecule has 2 aliphatic rings. The predicted molar refractivity (Wildman–Crippen MR) is 59.0 cm³/mol. The minimum absolute atomic E-state index is 0.288. The van der Waals surface area contributed by atoms with Crippen LogP contribution in [0.25, 0.3) is 0 Å². The van der Waals surface area contributed by atoms with E-state index in [1.165, 1.54) is 13.8 Å². The first-order valence-corrected chi connectivity index (χ1v) is 5.92. The molecule has 0 bridgehead atoms. The zero-order chi connectivity index (χ0) is 13.1. The Balaban J connectivity index is 2.33. The second-order valence-corrected chi connectivity index (χ2v) is 5.52. The minimum Gasteiger partial charge on any atom is -0.361 e. The molecule has 0 saturated carbocycles. The van der Waals surface area contributed by atoms with Crippen LogP contribution in [0.2, 0.25) is 0 Å². The van der Waals surface area contributed by atoms with Crippen LogP contribution in [-0.4, -0.2) is 33.9 Å². The molecule has 2 aliphatic heterocycles. The van der Waals surface area contributed by atoms with Crippen molar-refractivity contribution >= 4 is 5.78 Å². The average molecular weight is 244 g/mol. The fourth-order valence-electron chi connectivity index (χ4n) is 2.54. The Morgan fingerprint density at radius 3 is 2.24 bits per heavy atom. The van der Waals surface area contributed by atoms with Crippen LogP contribution in [-0.2, 0) is 19.0 Å². The van der Waals surface area contributed by atoms with Crippen LogP contribution < -0.4 is 0 Å². The molecule has 98 valence electrons. The molecule has 5 heteroatoms. The largest absolute Gasteiger partial charge is 0.361 e. The van der Waals surface area contributed by atoms with Crippen molar-refractivity contribution in [3.63, 3.8) is 0 Å². The van der Waals surface area contributed by atoms with Crippen molar-refractivity contribution in [3.8, 4) is 0 Å². The molecule has 1 N–H and O–H groups in total. The summed E-state index contributed by atoms with van der Waals surface area (Å²) in [5, 5.41) is 10.5. The summed E-state index contributed by atoms with van der Waals surface area (Å²) < 4.78 is 16.9. The molecule has 5 nitrogen and oxygen atoms in total. The van der Waals surface area contributed by atoms with Gasteiger partial charge < -0.3 is 19.3 Å². The SMILES string of the molecule is CC[C@]1(C)C[C@@]2(O)O[C@@](C)(C(C)=O)O[C@]2(C)O1. The Morgan fingerprint density at radius 2 is 1.82 bits per heavy atom. The third-order valence-electron chi connectivity index (χ3n) is 3.90. The smallest absolute Gasteiger partial charge is 0.231 e. The third-order valence-corrected chi connectivity index (χ3v) is 3.90. The van der Waals surface area contributed by atoms with Crippen LogP contribution in [0.3, 0.4) is 0 Å². The molecule has 17 heavy (non-hydrogen) atoms. The molecule has 0 amide bonds. The van der Waals surface area contributed by atoms with Crippen LogP contribution >= 0.6 is 0 Å². The Kier molecular flexibility index (Phi) is 2.51. The second-order valence-electron chi connectivity index (χ2n) is 5.52. The molecule has 0 radical (unpaired) electrons. The molecule has 0 aromatic carbocycles. The second kappa shape index (κ2) is 3.29. The van der Waals surface area contributed by atoms with Gasteiger partial charge >= 0.3 is 0 Å². The summed E-state index contributed by atoms with van der Waals surface area (Å²) in [4.78, 5) is 11.5. The number of Topliss-reactive ketones (excluding diaryl/α,β-unsaturated/α-hetero) is 1. The average Bonchev–Trinajstić information content (AvgIpc) is 2.44. The molecule has 0 aromatic heterocycles. The predicted octanol–water partition coefficient (Wildman–Crippen LogP) is 1.33. The first kappa shape index (κ1) is 13.0. The Morgan fingerprint density at radius 1 is 1.24 bits per heavy atom. The standard InChI is InChI=1S/C12H20O5/c1-6-9(3)7-12(14)11(5,15-9)16-10(4,17-12)8(2)13/h14H,6-7H2,1-5H3/t9-,10+,11+,12-/m1/s1. The molecule has 4 atom stereocenters. The number of ether oxygens (including phenoxy) is 3. The highest BCUT2D eigenvalue weighted by molar-refractivity contribution is 5.83. The summed E-state index contributed by atoms with van der Waals surface area (Å²) in [6.45, 7) is 8.35. The highest BCUT2D eigenvalue weighted by Gasteiger charge is 2.72. The number of rotatable bonds is 2. The van der Waals surface area contributed by atoms with E-state index in [0.29, 0.717) is 0 Å². The van der Waals surface area contributed by atoms with Crippen molar-refractivity contribution in [1.82, 2.24) is 0 Å². The van der Waals surface area contributed by atoms with Crippen LogP contribution in [0.4, 0.5) is 0 Å². The van der Waals surface area contributed by atoms with Crippen molar-refractivity contribution in [2.24, 2.45) is 0 Å². The Labute approximate surface area is 101 Å². The lowest BCUT2D eigenvalue weighted by atomic mass is 9.95. The molecule has 2 fully saturated rings. The van der Waals surface area contributed by atoms with E-state index in [9.17, 15) is 9.90 Å². The van der Waals surface area contributed by atoms with Gasteiger partial charge in [-0.15, -0.1) is 0 Å². The molecule has 0 aromatic rings. The summed E-state index contributed by atoms with van der Waals surface area (Å²) in [5.41, 5.74) is -0.498. The number of carbonyl (C=O) groups is 1. The van der Waals surface area contributed by atoms with Gasteiger partial charge in [0.1, 0.15) is 0 Å². The lowest BCUT2D eigenvalue weighted by Gasteiger charge is -2.30. The quantitative estimate of drug-likeness (QED) is 0.794. The summed E-state index contributed by atoms with van der Waals surface area (Å²) in [6, 6.07) is 0. The fraction of sp³-hybridized carbons (Fsp3) is 0.917. The Hall–Kier alpha value is -0.490. The van der Waals surface area contributed by atoms with Gasteiger partial charge in [-0.25, -0.2) is 0 Å². The van der Waals surface area contributed by atoms with Crippen molar-refractivity contribution in [1.29, 1.82) is 0 Å². The van der Waals surface area contributed by atoms with Crippen molar-refractivity contribution < 1.29 is 24.1 Å². The number of fused-ring (bicyclic) bond motifs is 1. The number of ketones is 1. The minimum atomic E-state index is -1.57. The molecule has 2 heterocycles. The van der Waals surface area contributed by atoms with E-state index in [1.807, 2.05) is 13.8 Å². The number of hydrogen-bond acceptors (Lipinski definition) is 5. The van der Waals surface area contributed by atoms with Crippen LogP contribution in [0, 0.1) is 0 Å². The van der Waals surface area contributed by atoms with Gasteiger partial charge in [-0.1, -0.05) is 6.92 Å². The van der Waals surface area contributed by atoms with E-state index < -0.39 is 23.0 Å². The molecule has 0 spiro atoms. The first-order valence-electron chi connectivity index (χ1n) is 5.92. The van der Waals surface area contributed by atoms with Gasteiger partial charge in [-0.3, -0.25) is 4.79 Å². The molecular weight excluding hydrogens is 224 g/mol. The third kappa shape index (κ3) is 1.64. The van der Waals surface area contributed by atoms with Gasteiger partial charge in [0.25, 0.3) is 0 Å². The first-order chi connectivity index (χ1) is 7.58. The Bertz CT molecular complexity index is 346. The van der Waals surface area contributed by atoms with Crippen molar-refractivity contribution in [2.75, 3.05) is 0 Å². The molecule has 0 aliphatic carbocycles. The number of carbonyl (C=O) groups excluding carboxylic acids is 1. The number of aliphatic hydroxyl groups is 1. The maximum absolute atomic E-state index is 11.5. The highest BCUT2D eigenvalue weighted by atomic mass is 16.9. The van der Waals surface area contributed by atoms with Gasteiger partial charge in [-0.2, -0.15) is 0 Å². The van der Waals surface area contributed by atoms with Crippen LogP contribution in [0.5, 0.6) is 0 Å². The lowest BCUT2D eigenvalue weighted by molar-refractivity contribution is -0.275. The van der Waals surface area contributed by atoms with Crippen LogP contribution in [0.1, 0.15) is 47.5 Å². The number of hydrogen-bond donors (Lipinski definition) is 1. The van der Waals surface area contributed by atoms with E-state index in [-0.39, 0.29) is 12.2 Å². The summed E-state index contributed by atoms with van der Waals surface area (Å²) in [5.74, 6) is -4.59.